The lowest BCUT2D eigenvalue weighted by molar-refractivity contribution is 0.136. The fraction of sp³-hybridized carbons (Fsp3) is 0.769. The third-order valence-corrected chi connectivity index (χ3v) is 4.70. The van der Waals surface area contributed by atoms with Crippen molar-refractivity contribution in [1.82, 2.24) is 13.7 Å². The van der Waals surface area contributed by atoms with E-state index in [9.17, 15) is 29.7 Å². The summed E-state index contributed by atoms with van der Waals surface area (Å²) < 4.78 is 2.63. The first kappa shape index (κ1) is 21.1. The Kier molecular flexibility index (Phi) is 8.40. The number of aromatic nitrogens is 3. The van der Waals surface area contributed by atoms with E-state index >= 15 is 0 Å². The Labute approximate surface area is 153 Å². The fourth-order valence-corrected chi connectivity index (χ4v) is 2.37. The maximum Gasteiger partial charge on any atom is 0.336 e. The van der Waals surface area contributed by atoms with E-state index in [2.05, 4.69) is 0 Å². The van der Waals surface area contributed by atoms with Crippen LogP contribution in [0.15, 0.2) is 14.4 Å². The monoisotopic (exact) mass is 455 g/mol. The highest BCUT2D eigenvalue weighted by molar-refractivity contribution is 14.1. The second kappa shape index (κ2) is 9.54. The number of alkyl halides is 1. The number of aliphatic hydroxyl groups is 3. The van der Waals surface area contributed by atoms with Crippen LogP contribution >= 0.6 is 22.6 Å². The molecule has 0 bridgehead atoms. The van der Waals surface area contributed by atoms with Gasteiger partial charge in [0.2, 0.25) is 0 Å². The molecule has 0 saturated carbocycles. The van der Waals surface area contributed by atoms with Gasteiger partial charge in [-0.2, -0.15) is 0 Å². The average molecular weight is 455 g/mol. The molecule has 0 radical (unpaired) electrons. The van der Waals surface area contributed by atoms with Crippen LogP contribution in [0.4, 0.5) is 0 Å². The minimum atomic E-state index is -0.928. The van der Waals surface area contributed by atoms with Crippen molar-refractivity contribution in [1.29, 1.82) is 0 Å². The zero-order valence-electron chi connectivity index (χ0n) is 13.8. The third kappa shape index (κ3) is 5.04. The summed E-state index contributed by atoms with van der Waals surface area (Å²) in [6.45, 7) is 0.935. The molecule has 3 unspecified atom stereocenters. The van der Waals surface area contributed by atoms with Crippen molar-refractivity contribution < 1.29 is 15.3 Å². The molecule has 0 aliphatic carbocycles. The molecule has 1 aromatic rings. The summed E-state index contributed by atoms with van der Waals surface area (Å²) >= 11 is 1.92. The number of nitrogens with zero attached hydrogens (tertiary/aromatic N) is 3. The number of aliphatic hydroxyl groups excluding tert-OH is 3. The summed E-state index contributed by atoms with van der Waals surface area (Å²) in [6.07, 6.45) is -2.10. The molecule has 0 amide bonds. The summed E-state index contributed by atoms with van der Waals surface area (Å²) in [6, 6.07) is 0. The van der Waals surface area contributed by atoms with Crippen molar-refractivity contribution in [2.45, 2.75) is 57.6 Å². The van der Waals surface area contributed by atoms with Crippen LogP contribution in [0.5, 0.6) is 0 Å². The first-order valence-corrected chi connectivity index (χ1v) is 9.33. The van der Waals surface area contributed by atoms with Gasteiger partial charge in [0.05, 0.1) is 37.9 Å². The molecule has 9 nitrogen and oxygen atoms in total. The molecule has 1 aromatic heterocycles. The van der Waals surface area contributed by atoms with Gasteiger partial charge in [-0.05, 0) is 6.42 Å². The molecule has 3 N–H and O–H groups in total. The SMILES string of the molecule is BCC(O)Cn1c(=O)n(CC(O)CC)c(=O)n(CC(O)CI)c1=O. The van der Waals surface area contributed by atoms with E-state index in [0.717, 1.165) is 13.7 Å². The van der Waals surface area contributed by atoms with E-state index in [0.29, 0.717) is 17.2 Å². The van der Waals surface area contributed by atoms with E-state index in [1.807, 2.05) is 22.6 Å². The smallest absolute Gasteiger partial charge is 0.336 e. The van der Waals surface area contributed by atoms with Gasteiger partial charge >= 0.3 is 17.1 Å². The van der Waals surface area contributed by atoms with E-state index in [1.165, 1.54) is 0 Å². The maximum absolute atomic E-state index is 12.4. The lowest BCUT2D eigenvalue weighted by Crippen LogP contribution is -2.57. The molecule has 3 atom stereocenters. The quantitative estimate of drug-likeness (QED) is 0.209. The Bertz CT molecular complexity index is 590. The minimum absolute atomic E-state index is 0.253. The Morgan fingerprint density at radius 2 is 1.25 bits per heavy atom. The molecule has 0 saturated heterocycles. The van der Waals surface area contributed by atoms with Gasteiger partial charge in [0.1, 0.15) is 7.85 Å². The summed E-state index contributed by atoms with van der Waals surface area (Å²) in [5.74, 6) is 0. The van der Waals surface area contributed by atoms with E-state index in [4.69, 9.17) is 0 Å². The molecule has 0 aliphatic heterocycles. The van der Waals surface area contributed by atoms with Crippen LogP contribution in [-0.4, -0.2) is 59.6 Å². The normalized spacial score (nSPS) is 15.2. The van der Waals surface area contributed by atoms with E-state index in [1.54, 1.807) is 14.8 Å². The topological polar surface area (TPSA) is 127 Å². The number of hydrogen-bond acceptors (Lipinski definition) is 6. The molecule has 0 aromatic carbocycles. The molecule has 136 valence electrons. The molecule has 11 heteroatoms. The van der Waals surface area contributed by atoms with Gasteiger partial charge in [-0.3, -0.25) is 0 Å². The second-order valence-corrected chi connectivity index (χ2v) is 6.49. The molecule has 0 aliphatic rings. The molecule has 1 rings (SSSR count). The van der Waals surface area contributed by atoms with Crippen molar-refractivity contribution in [2.24, 2.45) is 0 Å². The van der Waals surface area contributed by atoms with Crippen LogP contribution in [0.25, 0.3) is 0 Å². The molecular weight excluding hydrogens is 432 g/mol. The second-order valence-electron chi connectivity index (χ2n) is 5.61. The van der Waals surface area contributed by atoms with E-state index in [-0.39, 0.29) is 19.6 Å². The summed E-state index contributed by atoms with van der Waals surface area (Å²) in [7, 11) is 1.70. The maximum atomic E-state index is 12.4. The van der Waals surface area contributed by atoms with Crippen LogP contribution in [0, 0.1) is 0 Å². The first-order chi connectivity index (χ1) is 11.3. The number of halogens is 1. The highest BCUT2D eigenvalue weighted by atomic mass is 127. The van der Waals surface area contributed by atoms with Gasteiger partial charge < -0.3 is 15.3 Å². The lowest BCUT2D eigenvalue weighted by Gasteiger charge is -2.18. The van der Waals surface area contributed by atoms with Crippen molar-refractivity contribution in [2.75, 3.05) is 4.43 Å². The third-order valence-electron chi connectivity index (χ3n) is 3.69. The van der Waals surface area contributed by atoms with Crippen molar-refractivity contribution in [3.63, 3.8) is 0 Å². The summed E-state index contributed by atoms with van der Waals surface area (Å²) in [5, 5.41) is 29.3. The fourth-order valence-electron chi connectivity index (χ4n) is 2.09. The zero-order chi connectivity index (χ0) is 18.4. The van der Waals surface area contributed by atoms with Gasteiger partial charge in [0.25, 0.3) is 0 Å². The zero-order valence-corrected chi connectivity index (χ0v) is 15.9. The van der Waals surface area contributed by atoms with Crippen LogP contribution < -0.4 is 17.1 Å². The van der Waals surface area contributed by atoms with Gasteiger partial charge in [-0.15, -0.1) is 0 Å². The molecule has 1 heterocycles. The van der Waals surface area contributed by atoms with Gasteiger partial charge in [0.15, 0.2) is 0 Å². The summed E-state index contributed by atoms with van der Waals surface area (Å²) in [4.78, 5) is 37.3. The molecule has 24 heavy (non-hydrogen) atoms. The van der Waals surface area contributed by atoms with Crippen LogP contribution in [-0.2, 0) is 19.6 Å². The van der Waals surface area contributed by atoms with Gasteiger partial charge in [-0.1, -0.05) is 35.8 Å². The predicted octanol–water partition coefficient (Wildman–Crippen LogP) is -2.85. The largest absolute Gasteiger partial charge is 0.392 e. The van der Waals surface area contributed by atoms with Crippen LogP contribution in [0.2, 0.25) is 6.32 Å². The highest BCUT2D eigenvalue weighted by Gasteiger charge is 2.20. The molecule has 0 fully saturated rings. The van der Waals surface area contributed by atoms with Crippen molar-refractivity contribution in [3.8, 4) is 0 Å². The van der Waals surface area contributed by atoms with Crippen LogP contribution in [0.1, 0.15) is 13.3 Å². The summed E-state index contributed by atoms with van der Waals surface area (Å²) in [5.41, 5.74) is -2.61. The van der Waals surface area contributed by atoms with Crippen molar-refractivity contribution >= 4 is 30.4 Å². The molecule has 0 spiro atoms. The van der Waals surface area contributed by atoms with Crippen LogP contribution in [0.3, 0.4) is 0 Å². The standard InChI is InChI=1S/C13H23BIN3O6/c1-2-8(19)5-16-11(22)17(6-9(20)3-14)13(24)18(12(16)23)7-10(21)4-15/h8-10,19-21H,2-7,14H2,1H3. The van der Waals surface area contributed by atoms with Gasteiger partial charge in [0, 0.05) is 4.43 Å². The molecular formula is C13H23BIN3O6. The minimum Gasteiger partial charge on any atom is -0.392 e. The predicted molar refractivity (Wildman–Crippen MR) is 99.8 cm³/mol. The Morgan fingerprint density at radius 3 is 1.58 bits per heavy atom. The highest BCUT2D eigenvalue weighted by Crippen LogP contribution is 1.95. The Morgan fingerprint density at radius 1 is 0.875 bits per heavy atom. The lowest BCUT2D eigenvalue weighted by atomic mass is 10.00. The number of rotatable bonds is 9. The van der Waals surface area contributed by atoms with Crippen molar-refractivity contribution in [3.05, 3.63) is 31.5 Å². The first-order valence-electron chi connectivity index (χ1n) is 7.81. The average Bonchev–Trinajstić information content (AvgIpc) is 2.58. The van der Waals surface area contributed by atoms with E-state index < -0.39 is 35.4 Å². The Balaban J connectivity index is 3.55. The number of hydrogen-bond donors (Lipinski definition) is 3. The van der Waals surface area contributed by atoms with Gasteiger partial charge in [-0.25, -0.2) is 28.1 Å². The Hall–Kier alpha value is -0.915.